The Morgan fingerprint density at radius 3 is 2.36 bits per heavy atom. The zero-order chi connectivity index (χ0) is 8.59. The lowest BCUT2D eigenvalue weighted by molar-refractivity contribution is 0.420. The molecule has 0 aromatic heterocycles. The highest BCUT2D eigenvalue weighted by atomic mass is 127. The van der Waals surface area contributed by atoms with Gasteiger partial charge in [-0.1, -0.05) is 0 Å². The molecule has 5 heteroatoms. The minimum Gasteiger partial charge on any atom is -0.504 e. The summed E-state index contributed by atoms with van der Waals surface area (Å²) >= 11 is 3.16. The molecule has 1 aromatic carbocycles. The van der Waals surface area contributed by atoms with E-state index in [-0.39, 0.29) is 7.14 Å². The van der Waals surface area contributed by atoms with Gasteiger partial charge >= 0.3 is 0 Å². The average molecular weight is 382 g/mol. The van der Waals surface area contributed by atoms with Crippen molar-refractivity contribution in [3.8, 4) is 5.75 Å². The molecular weight excluding hydrogens is 380 g/mol. The fraction of sp³-hybridized carbons (Fsp3) is 0. The molecule has 0 aliphatic heterocycles. The predicted octanol–water partition coefficient (Wildman–Crippen LogP) is 2.88. The molecule has 1 rings (SSSR count). The fourth-order valence-corrected chi connectivity index (χ4v) is 1.48. The van der Waals surface area contributed by atoms with Crippen LogP contribution in [0.2, 0.25) is 0 Å². The number of aromatic hydroxyl groups is 1. The van der Waals surface area contributed by atoms with Gasteiger partial charge in [0.2, 0.25) is 0 Å². The molecule has 0 fully saturated rings. The number of halogens is 4. The molecule has 0 aliphatic rings. The third-order valence-corrected chi connectivity index (χ3v) is 2.90. The Balaban J connectivity index is 3.46. The van der Waals surface area contributed by atoms with Gasteiger partial charge < -0.3 is 5.11 Å². The van der Waals surface area contributed by atoms with Crippen LogP contribution in [-0.4, -0.2) is 5.11 Å². The van der Waals surface area contributed by atoms with Gasteiger partial charge in [-0.15, -0.1) is 0 Å². The third-order valence-electron chi connectivity index (χ3n) is 1.09. The van der Waals surface area contributed by atoms with Crippen LogP contribution >= 0.6 is 45.2 Å². The van der Waals surface area contributed by atoms with Crippen LogP contribution in [0.5, 0.6) is 5.75 Å². The van der Waals surface area contributed by atoms with Crippen LogP contribution in [0.3, 0.4) is 0 Å². The molecule has 0 amide bonds. The van der Waals surface area contributed by atoms with E-state index in [1.165, 1.54) is 22.6 Å². The van der Waals surface area contributed by atoms with E-state index in [2.05, 4.69) is 0 Å². The van der Waals surface area contributed by atoms with Gasteiger partial charge in [-0.05, 0) is 51.2 Å². The highest BCUT2D eigenvalue weighted by molar-refractivity contribution is 14.1. The lowest BCUT2D eigenvalue weighted by Crippen LogP contribution is -1.91. The van der Waals surface area contributed by atoms with Crippen LogP contribution in [0, 0.1) is 18.8 Å². The zero-order valence-corrected chi connectivity index (χ0v) is 9.35. The summed E-state index contributed by atoms with van der Waals surface area (Å²) in [6, 6.07) is 1.08. The summed E-state index contributed by atoms with van der Waals surface area (Å²) in [6.45, 7) is 0. The maximum atomic E-state index is 12.8. The van der Waals surface area contributed by atoms with Crippen LogP contribution in [-0.2, 0) is 0 Å². The summed E-state index contributed by atoms with van der Waals surface area (Å²) in [5.74, 6) is -2.03. The summed E-state index contributed by atoms with van der Waals surface area (Å²) in [7, 11) is 0. The smallest absolute Gasteiger partial charge is 0.182 e. The van der Waals surface area contributed by atoms with Crippen LogP contribution < -0.4 is 0 Å². The van der Waals surface area contributed by atoms with Crippen molar-refractivity contribution in [3.05, 3.63) is 24.8 Å². The molecule has 11 heavy (non-hydrogen) atoms. The number of hydrogen-bond acceptors (Lipinski definition) is 1. The highest BCUT2D eigenvalue weighted by Crippen LogP contribution is 2.28. The van der Waals surface area contributed by atoms with Gasteiger partial charge in [0.15, 0.2) is 11.6 Å². The summed E-state index contributed by atoms with van der Waals surface area (Å²) in [4.78, 5) is 0. The highest BCUT2D eigenvalue weighted by Gasteiger charge is 2.13. The average Bonchev–Trinajstić information content (AvgIpc) is 1.97. The first-order valence-electron chi connectivity index (χ1n) is 2.56. The van der Waals surface area contributed by atoms with E-state index in [0.717, 1.165) is 6.07 Å². The van der Waals surface area contributed by atoms with Crippen LogP contribution in [0.1, 0.15) is 0 Å². The standard InChI is InChI=1S/C6H2F2I2O/c7-2-1-3(9)6(11)4(8)5(2)10/h1,11H. The first kappa shape index (κ1) is 9.43. The third kappa shape index (κ3) is 1.74. The SMILES string of the molecule is Oc1c(I)cc(F)c(I)c1F. The van der Waals surface area contributed by atoms with Crippen LogP contribution in [0.4, 0.5) is 8.78 Å². The number of phenolic OH excluding ortho intramolecular Hbond substituents is 1. The van der Waals surface area contributed by atoms with Gasteiger partial charge in [-0.2, -0.15) is 0 Å². The molecule has 1 nitrogen and oxygen atoms in total. The zero-order valence-electron chi connectivity index (χ0n) is 5.04. The molecule has 0 heterocycles. The van der Waals surface area contributed by atoms with Crippen molar-refractivity contribution in [1.29, 1.82) is 0 Å². The fourth-order valence-electron chi connectivity index (χ4n) is 0.557. The summed E-state index contributed by atoms with van der Waals surface area (Å²) in [5, 5.41) is 8.96. The van der Waals surface area contributed by atoms with E-state index in [4.69, 9.17) is 5.11 Å². The molecule has 0 saturated carbocycles. The Labute approximate surface area is 89.1 Å². The molecule has 0 spiro atoms. The van der Waals surface area contributed by atoms with E-state index < -0.39 is 17.4 Å². The van der Waals surface area contributed by atoms with E-state index in [0.29, 0.717) is 0 Å². The Hall–Kier alpha value is 0.340. The second-order valence-corrected chi connectivity index (χ2v) is 4.06. The molecule has 0 radical (unpaired) electrons. The molecule has 1 N–H and O–H groups in total. The predicted molar refractivity (Wildman–Crippen MR) is 53.5 cm³/mol. The van der Waals surface area contributed by atoms with Crippen LogP contribution in [0.25, 0.3) is 0 Å². The van der Waals surface area contributed by atoms with E-state index >= 15 is 0 Å². The van der Waals surface area contributed by atoms with Crippen LogP contribution in [0.15, 0.2) is 6.07 Å². The van der Waals surface area contributed by atoms with Gasteiger partial charge in [-0.25, -0.2) is 8.78 Å². The van der Waals surface area contributed by atoms with Crippen molar-refractivity contribution in [2.45, 2.75) is 0 Å². The Bertz CT molecular complexity index is 275. The first-order chi connectivity index (χ1) is 5.04. The largest absolute Gasteiger partial charge is 0.504 e. The molecule has 60 valence electrons. The number of rotatable bonds is 0. The van der Waals surface area contributed by atoms with Crippen molar-refractivity contribution >= 4 is 45.2 Å². The minimum absolute atomic E-state index is 0.179. The second kappa shape index (κ2) is 3.38. The van der Waals surface area contributed by atoms with Crippen molar-refractivity contribution in [2.24, 2.45) is 0 Å². The van der Waals surface area contributed by atoms with Gasteiger partial charge in [0.05, 0.1) is 7.14 Å². The molecule has 0 atom stereocenters. The maximum absolute atomic E-state index is 12.8. The second-order valence-electron chi connectivity index (χ2n) is 1.82. The molecule has 1 aromatic rings. The van der Waals surface area contributed by atoms with Gasteiger partial charge in [-0.3, -0.25) is 0 Å². The lowest BCUT2D eigenvalue weighted by Gasteiger charge is -2.01. The normalized spacial score (nSPS) is 10.2. The van der Waals surface area contributed by atoms with Crippen molar-refractivity contribution in [1.82, 2.24) is 0 Å². The lowest BCUT2D eigenvalue weighted by atomic mass is 10.3. The number of phenols is 1. The van der Waals surface area contributed by atoms with E-state index in [1.807, 2.05) is 0 Å². The monoisotopic (exact) mass is 382 g/mol. The van der Waals surface area contributed by atoms with Crippen molar-refractivity contribution in [2.75, 3.05) is 0 Å². The molecule has 0 saturated heterocycles. The minimum atomic E-state index is -0.894. The van der Waals surface area contributed by atoms with Crippen molar-refractivity contribution < 1.29 is 13.9 Å². The maximum Gasteiger partial charge on any atom is 0.182 e. The first-order valence-corrected chi connectivity index (χ1v) is 4.71. The summed E-state index contributed by atoms with van der Waals surface area (Å²) < 4.78 is 25.4. The quantitative estimate of drug-likeness (QED) is 0.416. The van der Waals surface area contributed by atoms with E-state index in [9.17, 15) is 8.78 Å². The molecule has 0 unspecified atom stereocenters. The van der Waals surface area contributed by atoms with Gasteiger partial charge in [0, 0.05) is 0 Å². The summed E-state index contributed by atoms with van der Waals surface area (Å²) in [6.07, 6.45) is 0. The Kier molecular flexibility index (Phi) is 2.90. The van der Waals surface area contributed by atoms with Gasteiger partial charge in [0.25, 0.3) is 0 Å². The van der Waals surface area contributed by atoms with E-state index in [1.54, 1.807) is 22.6 Å². The Morgan fingerprint density at radius 2 is 1.82 bits per heavy atom. The van der Waals surface area contributed by atoms with Crippen molar-refractivity contribution in [3.63, 3.8) is 0 Å². The Morgan fingerprint density at radius 1 is 1.27 bits per heavy atom. The number of benzene rings is 1. The summed E-state index contributed by atoms with van der Waals surface area (Å²) in [5.41, 5.74) is 0. The molecular formula is C6H2F2I2O. The van der Waals surface area contributed by atoms with Gasteiger partial charge in [0.1, 0.15) is 5.82 Å². The number of hydrogen-bond donors (Lipinski definition) is 1. The molecule has 0 bridgehead atoms. The topological polar surface area (TPSA) is 20.2 Å². The molecule has 0 aliphatic carbocycles.